The van der Waals surface area contributed by atoms with Crippen molar-refractivity contribution in [2.75, 3.05) is 32.8 Å². The molecule has 15 heteroatoms. The van der Waals surface area contributed by atoms with E-state index >= 15 is 0 Å². The first-order valence-corrected chi connectivity index (χ1v) is 13.8. The summed E-state index contributed by atoms with van der Waals surface area (Å²) in [5.74, 6) is -4.36. The van der Waals surface area contributed by atoms with Gasteiger partial charge in [-0.15, -0.1) is 0 Å². The molecule has 2 saturated heterocycles. The number of piperidine rings is 2. The molecular weight excluding hydrogens is 600 g/mol. The van der Waals surface area contributed by atoms with E-state index in [-0.39, 0.29) is 5.91 Å². The van der Waals surface area contributed by atoms with Gasteiger partial charge in [0.2, 0.25) is 0 Å². The summed E-state index contributed by atoms with van der Waals surface area (Å²) in [4.78, 5) is 39.1. The normalized spacial score (nSPS) is 16.6. The number of carboxylic acids is 2. The maximum absolute atomic E-state index is 12.7. The Balaban J connectivity index is 0.000000402. The Morgan fingerprint density at radius 2 is 1.39 bits per heavy atom. The van der Waals surface area contributed by atoms with Gasteiger partial charge in [-0.2, -0.15) is 26.3 Å². The fourth-order valence-corrected chi connectivity index (χ4v) is 4.77. The van der Waals surface area contributed by atoms with Gasteiger partial charge in [-0.25, -0.2) is 9.59 Å². The predicted octanol–water partition coefficient (Wildman–Crippen LogP) is 5.66. The van der Waals surface area contributed by atoms with Gasteiger partial charge in [0.25, 0.3) is 5.91 Å². The second-order valence-corrected chi connectivity index (χ2v) is 10.4. The summed E-state index contributed by atoms with van der Waals surface area (Å²) in [6, 6.07) is 12.1. The monoisotopic (exact) mass is 635 g/mol. The zero-order valence-corrected chi connectivity index (χ0v) is 24.0. The van der Waals surface area contributed by atoms with Gasteiger partial charge in [0.05, 0.1) is 12.2 Å². The standard InChI is InChI=1S/C25H33N3O2.2C2HF3O2/c1-2-18-30-23-8-4-3-6-22(23)20-27-14-9-25(10-15-27)11-16-28(17-12-25)24(29)21-7-5-13-26-19-21;2*3-2(4,5)1(6)7/h3-8,13,19H,2,9-12,14-18,20H2,1H3;2*(H,6,7). The largest absolute Gasteiger partial charge is 0.493 e. The summed E-state index contributed by atoms with van der Waals surface area (Å²) in [6.45, 7) is 7.85. The predicted molar refractivity (Wildman–Crippen MR) is 146 cm³/mol. The van der Waals surface area contributed by atoms with Crippen LogP contribution in [0.15, 0.2) is 48.8 Å². The molecule has 1 aromatic carbocycles. The van der Waals surface area contributed by atoms with Crippen molar-refractivity contribution in [3.05, 3.63) is 59.9 Å². The van der Waals surface area contributed by atoms with Gasteiger partial charge in [0.15, 0.2) is 0 Å². The van der Waals surface area contributed by atoms with Crippen molar-refractivity contribution < 1.29 is 55.7 Å². The summed E-state index contributed by atoms with van der Waals surface area (Å²) < 4.78 is 69.4. The minimum atomic E-state index is -5.08. The summed E-state index contributed by atoms with van der Waals surface area (Å²) in [6.07, 6.45) is -1.08. The lowest BCUT2D eigenvalue weighted by Crippen LogP contribution is -2.48. The van der Waals surface area contributed by atoms with Crippen LogP contribution in [-0.4, -0.2) is 88.0 Å². The number of benzene rings is 1. The highest BCUT2D eigenvalue weighted by atomic mass is 19.4. The van der Waals surface area contributed by atoms with E-state index < -0.39 is 24.3 Å². The number of amides is 1. The number of carboxylic acid groups (broad SMARTS) is 2. The second kappa shape index (κ2) is 16.3. The minimum absolute atomic E-state index is 0.124. The van der Waals surface area contributed by atoms with Crippen LogP contribution < -0.4 is 4.74 Å². The maximum Gasteiger partial charge on any atom is 0.490 e. The van der Waals surface area contributed by atoms with Crippen molar-refractivity contribution in [3.63, 3.8) is 0 Å². The first kappa shape index (κ1) is 36.3. The lowest BCUT2D eigenvalue weighted by atomic mass is 9.71. The molecule has 0 atom stereocenters. The molecule has 2 N–H and O–H groups in total. The van der Waals surface area contributed by atoms with Gasteiger partial charge in [-0.1, -0.05) is 25.1 Å². The molecule has 2 aliphatic rings. The highest BCUT2D eigenvalue weighted by Gasteiger charge is 2.40. The first-order valence-electron chi connectivity index (χ1n) is 13.8. The van der Waals surface area contributed by atoms with Crippen molar-refractivity contribution >= 4 is 17.8 Å². The average molecular weight is 636 g/mol. The Morgan fingerprint density at radius 3 is 1.86 bits per heavy atom. The maximum atomic E-state index is 12.7. The third kappa shape index (κ3) is 11.7. The van der Waals surface area contributed by atoms with Gasteiger partial charge in [-0.3, -0.25) is 14.7 Å². The molecule has 9 nitrogen and oxygen atoms in total. The van der Waals surface area contributed by atoms with Crippen LogP contribution in [0.2, 0.25) is 0 Å². The molecular formula is C29H35F6N3O6. The Labute approximate surface area is 250 Å². The SMILES string of the molecule is CCCOc1ccccc1CN1CCC2(CC1)CCN(C(=O)c1cccnc1)CC2.O=C(O)C(F)(F)F.O=C(O)C(F)(F)F. The number of aliphatic carboxylic acids is 2. The van der Waals surface area contributed by atoms with Crippen LogP contribution in [0.1, 0.15) is 54.9 Å². The number of alkyl halides is 6. The van der Waals surface area contributed by atoms with E-state index in [1.54, 1.807) is 12.4 Å². The molecule has 0 aliphatic carbocycles. The fourth-order valence-electron chi connectivity index (χ4n) is 4.77. The number of likely N-dealkylation sites (tertiary alicyclic amines) is 2. The van der Waals surface area contributed by atoms with Crippen molar-refractivity contribution in [2.24, 2.45) is 5.41 Å². The Hall–Kier alpha value is -3.88. The summed E-state index contributed by atoms with van der Waals surface area (Å²) in [7, 11) is 0. The summed E-state index contributed by atoms with van der Waals surface area (Å²) in [5, 5.41) is 14.2. The molecule has 44 heavy (non-hydrogen) atoms. The molecule has 0 saturated carbocycles. The molecule has 0 radical (unpaired) electrons. The van der Waals surface area contributed by atoms with E-state index in [1.807, 2.05) is 17.0 Å². The molecule has 1 amide bonds. The van der Waals surface area contributed by atoms with E-state index in [4.69, 9.17) is 24.5 Å². The molecule has 1 aromatic heterocycles. The van der Waals surface area contributed by atoms with Gasteiger partial charge in [0, 0.05) is 37.6 Å². The molecule has 0 bridgehead atoms. The molecule has 4 rings (SSSR count). The molecule has 2 aromatic rings. The molecule has 2 fully saturated rings. The number of pyridine rings is 1. The number of hydrogen-bond donors (Lipinski definition) is 2. The number of nitrogens with zero attached hydrogens (tertiary/aromatic N) is 3. The molecule has 3 heterocycles. The van der Waals surface area contributed by atoms with E-state index in [1.165, 1.54) is 18.4 Å². The minimum Gasteiger partial charge on any atom is -0.493 e. The third-order valence-electron chi connectivity index (χ3n) is 7.25. The highest BCUT2D eigenvalue weighted by Crippen LogP contribution is 2.42. The van der Waals surface area contributed by atoms with Crippen molar-refractivity contribution in [2.45, 2.75) is 57.9 Å². The van der Waals surface area contributed by atoms with E-state index in [2.05, 4.69) is 41.1 Å². The van der Waals surface area contributed by atoms with Crippen LogP contribution in [-0.2, 0) is 16.1 Å². The van der Waals surface area contributed by atoms with Gasteiger partial charge in [0.1, 0.15) is 5.75 Å². The van der Waals surface area contributed by atoms with Crippen LogP contribution in [0, 0.1) is 5.41 Å². The Kier molecular flexibility index (Phi) is 13.4. The Morgan fingerprint density at radius 1 is 0.864 bits per heavy atom. The van der Waals surface area contributed by atoms with Crippen molar-refractivity contribution in [1.29, 1.82) is 0 Å². The number of halogens is 6. The molecule has 1 spiro atoms. The van der Waals surface area contributed by atoms with Crippen molar-refractivity contribution in [3.8, 4) is 5.75 Å². The number of ether oxygens (including phenoxy) is 1. The van der Waals surface area contributed by atoms with Crippen LogP contribution >= 0.6 is 0 Å². The third-order valence-corrected chi connectivity index (χ3v) is 7.25. The van der Waals surface area contributed by atoms with Gasteiger partial charge in [-0.05, 0) is 68.8 Å². The van der Waals surface area contributed by atoms with Crippen LogP contribution in [0.3, 0.4) is 0 Å². The fraction of sp³-hybridized carbons (Fsp3) is 0.517. The zero-order chi connectivity index (χ0) is 33.0. The van der Waals surface area contributed by atoms with E-state index in [0.29, 0.717) is 11.0 Å². The number of carbonyl (C=O) groups excluding carboxylic acids is 1. The Bertz CT molecular complexity index is 1180. The summed E-state index contributed by atoms with van der Waals surface area (Å²) >= 11 is 0. The van der Waals surface area contributed by atoms with Crippen molar-refractivity contribution in [1.82, 2.24) is 14.8 Å². The smallest absolute Gasteiger partial charge is 0.490 e. The number of hydrogen-bond acceptors (Lipinski definition) is 6. The lowest BCUT2D eigenvalue weighted by molar-refractivity contribution is -0.193. The highest BCUT2D eigenvalue weighted by molar-refractivity contribution is 5.93. The van der Waals surface area contributed by atoms with Gasteiger partial charge < -0.3 is 19.8 Å². The number of rotatable bonds is 6. The quantitative estimate of drug-likeness (QED) is 0.391. The van der Waals surface area contributed by atoms with Crippen LogP contribution in [0.4, 0.5) is 26.3 Å². The zero-order valence-electron chi connectivity index (χ0n) is 24.0. The van der Waals surface area contributed by atoms with Crippen LogP contribution in [0.25, 0.3) is 0 Å². The number of carbonyl (C=O) groups is 3. The van der Waals surface area contributed by atoms with E-state index in [9.17, 15) is 31.1 Å². The number of para-hydroxylation sites is 1. The van der Waals surface area contributed by atoms with Crippen LogP contribution in [0.5, 0.6) is 5.75 Å². The first-order chi connectivity index (χ1) is 20.6. The van der Waals surface area contributed by atoms with E-state index in [0.717, 1.165) is 64.3 Å². The topological polar surface area (TPSA) is 120 Å². The van der Waals surface area contributed by atoms with Gasteiger partial charge >= 0.3 is 24.3 Å². The summed E-state index contributed by atoms with van der Waals surface area (Å²) in [5.41, 5.74) is 2.39. The lowest BCUT2D eigenvalue weighted by Gasteiger charge is -2.47. The molecule has 0 unspecified atom stereocenters. The number of aromatic nitrogens is 1. The molecule has 2 aliphatic heterocycles. The molecule has 244 valence electrons. The average Bonchev–Trinajstić information content (AvgIpc) is 2.98. The second-order valence-electron chi connectivity index (χ2n) is 10.4.